The van der Waals surface area contributed by atoms with Gasteiger partial charge < -0.3 is 0 Å². The number of aromatic amines is 1. The van der Waals surface area contributed by atoms with Gasteiger partial charge in [-0.2, -0.15) is 5.10 Å². The third kappa shape index (κ3) is 1.11. The number of hydrogen-bond acceptors (Lipinski definition) is 1. The molecule has 0 radical (unpaired) electrons. The largest absolute Gasteiger partial charge is 0.240 e. The lowest BCUT2D eigenvalue weighted by Crippen LogP contribution is -2.35. The highest BCUT2D eigenvalue weighted by Gasteiger charge is 2.00. The molecule has 0 amide bonds. The van der Waals surface area contributed by atoms with Crippen molar-refractivity contribution in [1.29, 1.82) is 0 Å². The predicted molar refractivity (Wildman–Crippen MR) is 44.6 cm³/mol. The Labute approximate surface area is 70.0 Å². The molecular weight excluding hydrogens is 150 g/mol. The number of allylic oxidation sites excluding steroid dienone is 1. The Bertz CT molecular complexity index is 421. The van der Waals surface area contributed by atoms with Gasteiger partial charge in [0.05, 0.1) is 6.20 Å². The summed E-state index contributed by atoms with van der Waals surface area (Å²) in [6.07, 6.45) is 7.49. The molecule has 1 aromatic rings. The Morgan fingerprint density at radius 1 is 1.67 bits per heavy atom. The van der Waals surface area contributed by atoms with Crippen LogP contribution in [0.2, 0.25) is 0 Å². The van der Waals surface area contributed by atoms with Gasteiger partial charge >= 0.3 is 0 Å². The lowest BCUT2D eigenvalue weighted by atomic mass is 10.5. The maximum Gasteiger partial charge on any atom is 0.221 e. The van der Waals surface area contributed by atoms with Crippen molar-refractivity contribution in [2.45, 2.75) is 13.5 Å². The highest BCUT2D eigenvalue weighted by Crippen LogP contribution is 1.74. The lowest BCUT2D eigenvalue weighted by Gasteiger charge is -1.77. The SMILES string of the molecule is CC[n+]1cc2c([nH]1)=CC=C=CN=2. The first-order valence-corrected chi connectivity index (χ1v) is 3.97. The molecule has 1 aromatic heterocycles. The van der Waals surface area contributed by atoms with E-state index in [0.29, 0.717) is 0 Å². The van der Waals surface area contributed by atoms with Crippen LogP contribution in [0.15, 0.2) is 29.2 Å². The quantitative estimate of drug-likeness (QED) is 0.420. The maximum absolute atomic E-state index is 4.20. The molecule has 1 N–H and O–H groups in total. The van der Waals surface area contributed by atoms with Crippen LogP contribution in [-0.4, -0.2) is 5.10 Å². The smallest absolute Gasteiger partial charge is 0.221 e. The molecule has 1 aliphatic heterocycles. The molecule has 3 heteroatoms. The van der Waals surface area contributed by atoms with Crippen LogP contribution in [0.5, 0.6) is 0 Å². The van der Waals surface area contributed by atoms with Gasteiger partial charge in [0, 0.05) is 0 Å². The first kappa shape index (κ1) is 7.07. The molecule has 0 saturated heterocycles. The van der Waals surface area contributed by atoms with Crippen LogP contribution in [0.25, 0.3) is 6.08 Å². The number of fused-ring (bicyclic) bond motifs is 1. The van der Waals surface area contributed by atoms with Gasteiger partial charge in [-0.15, -0.1) is 10.4 Å². The maximum atomic E-state index is 4.20. The van der Waals surface area contributed by atoms with Gasteiger partial charge in [0.25, 0.3) is 0 Å². The number of nitrogens with one attached hydrogen (secondary N) is 1. The highest BCUT2D eigenvalue weighted by molar-refractivity contribution is 5.33. The molecule has 1 aliphatic rings. The molecule has 2 heterocycles. The van der Waals surface area contributed by atoms with Crippen molar-refractivity contribution in [3.63, 3.8) is 0 Å². The van der Waals surface area contributed by atoms with E-state index >= 15 is 0 Å². The summed E-state index contributed by atoms with van der Waals surface area (Å²) < 4.78 is 2.00. The van der Waals surface area contributed by atoms with Crippen LogP contribution >= 0.6 is 0 Å². The third-order valence-electron chi connectivity index (χ3n) is 1.78. The van der Waals surface area contributed by atoms with Crippen molar-refractivity contribution < 1.29 is 4.68 Å². The van der Waals surface area contributed by atoms with Crippen LogP contribution in [0.1, 0.15) is 6.92 Å². The van der Waals surface area contributed by atoms with Crippen molar-refractivity contribution in [2.75, 3.05) is 0 Å². The molecule has 3 nitrogen and oxygen atoms in total. The Morgan fingerprint density at radius 3 is 3.42 bits per heavy atom. The fourth-order valence-corrected chi connectivity index (χ4v) is 1.14. The molecule has 0 aromatic carbocycles. The molecule has 12 heavy (non-hydrogen) atoms. The fourth-order valence-electron chi connectivity index (χ4n) is 1.14. The summed E-state index contributed by atoms with van der Waals surface area (Å²) in [5.74, 6) is 0. The van der Waals surface area contributed by atoms with Gasteiger partial charge in [0.2, 0.25) is 6.20 Å². The normalized spacial score (nSPS) is 13.1. The zero-order chi connectivity index (χ0) is 8.39. The van der Waals surface area contributed by atoms with E-state index in [4.69, 9.17) is 0 Å². The second kappa shape index (κ2) is 2.80. The third-order valence-corrected chi connectivity index (χ3v) is 1.78. The summed E-state index contributed by atoms with van der Waals surface area (Å²) in [5, 5.41) is 5.21. The monoisotopic (exact) mass is 160 g/mol. The van der Waals surface area contributed by atoms with Gasteiger partial charge in [-0.05, 0) is 19.1 Å². The van der Waals surface area contributed by atoms with Gasteiger partial charge in [-0.1, -0.05) is 0 Å². The van der Waals surface area contributed by atoms with Crippen LogP contribution < -0.4 is 15.4 Å². The molecular formula is C9H10N3+. The molecule has 0 spiro atoms. The molecule has 60 valence electrons. The van der Waals surface area contributed by atoms with E-state index in [1.165, 1.54) is 0 Å². The van der Waals surface area contributed by atoms with E-state index in [1.54, 1.807) is 6.20 Å². The van der Waals surface area contributed by atoms with Crippen LogP contribution in [-0.2, 0) is 6.54 Å². The summed E-state index contributed by atoms with van der Waals surface area (Å²) in [6, 6.07) is 0. The van der Waals surface area contributed by atoms with E-state index in [9.17, 15) is 0 Å². The standard InChI is InChI=1S/C9H10N3/c1-2-12-7-9-8(11-12)5-3-4-6-10-9/h3,5-7,11H,2H2,1H3/q+1. The minimum atomic E-state index is 0.934. The molecule has 2 rings (SSSR count). The highest BCUT2D eigenvalue weighted by atomic mass is 15.3. The summed E-state index contributed by atoms with van der Waals surface area (Å²) in [5.41, 5.74) is 2.92. The number of H-pyrrole nitrogens is 1. The first-order chi connectivity index (χ1) is 5.90. The molecule has 0 unspecified atom stereocenters. The van der Waals surface area contributed by atoms with Crippen LogP contribution in [0.3, 0.4) is 0 Å². The topological polar surface area (TPSA) is 32.0 Å². The predicted octanol–water partition coefficient (Wildman–Crippen LogP) is -0.595. The van der Waals surface area contributed by atoms with Gasteiger partial charge in [-0.3, -0.25) is 0 Å². The summed E-state index contributed by atoms with van der Waals surface area (Å²) in [6.45, 7) is 3.02. The van der Waals surface area contributed by atoms with E-state index in [1.807, 2.05) is 23.0 Å². The average molecular weight is 160 g/mol. The van der Waals surface area contributed by atoms with Gasteiger partial charge in [0.1, 0.15) is 5.35 Å². The van der Waals surface area contributed by atoms with E-state index in [2.05, 4.69) is 22.7 Å². The van der Waals surface area contributed by atoms with E-state index in [-0.39, 0.29) is 0 Å². The van der Waals surface area contributed by atoms with Crippen molar-refractivity contribution in [2.24, 2.45) is 4.99 Å². The summed E-state index contributed by atoms with van der Waals surface area (Å²) >= 11 is 0. The zero-order valence-electron chi connectivity index (χ0n) is 6.91. The summed E-state index contributed by atoms with van der Waals surface area (Å²) in [7, 11) is 0. The number of hydrogen-bond donors (Lipinski definition) is 1. The van der Waals surface area contributed by atoms with Crippen molar-refractivity contribution in [3.05, 3.63) is 34.9 Å². The molecule has 0 saturated carbocycles. The fraction of sp³-hybridized carbons (Fsp3) is 0.222. The Morgan fingerprint density at radius 2 is 2.58 bits per heavy atom. The lowest BCUT2D eigenvalue weighted by molar-refractivity contribution is -0.748. The van der Waals surface area contributed by atoms with Crippen molar-refractivity contribution in [1.82, 2.24) is 5.10 Å². The zero-order valence-corrected chi connectivity index (χ0v) is 6.91. The van der Waals surface area contributed by atoms with Crippen molar-refractivity contribution >= 4 is 6.08 Å². The molecule has 0 aliphatic carbocycles. The molecule has 0 atom stereocenters. The van der Waals surface area contributed by atoms with Crippen LogP contribution in [0.4, 0.5) is 0 Å². The molecule has 0 fully saturated rings. The Kier molecular flexibility index (Phi) is 1.65. The Balaban J connectivity index is 2.72. The van der Waals surface area contributed by atoms with Crippen LogP contribution in [0, 0.1) is 0 Å². The second-order valence-electron chi connectivity index (χ2n) is 2.58. The van der Waals surface area contributed by atoms with E-state index in [0.717, 1.165) is 17.3 Å². The average Bonchev–Trinajstić information content (AvgIpc) is 2.37. The number of rotatable bonds is 1. The molecule has 0 bridgehead atoms. The van der Waals surface area contributed by atoms with Gasteiger partial charge in [-0.25, -0.2) is 4.99 Å². The summed E-state index contributed by atoms with van der Waals surface area (Å²) in [4.78, 5) is 4.20. The number of aryl methyl sites for hydroxylation is 1. The number of aromatic nitrogens is 2. The minimum Gasteiger partial charge on any atom is -0.240 e. The first-order valence-electron chi connectivity index (χ1n) is 3.97. The minimum absolute atomic E-state index is 0.934. The van der Waals surface area contributed by atoms with E-state index < -0.39 is 0 Å². The van der Waals surface area contributed by atoms with Gasteiger partial charge in [0.15, 0.2) is 11.9 Å². The van der Waals surface area contributed by atoms with Crippen molar-refractivity contribution in [3.8, 4) is 0 Å². The number of nitrogens with zero attached hydrogens (tertiary/aromatic N) is 2. The Hall–Kier alpha value is -1.60. The second-order valence-corrected chi connectivity index (χ2v) is 2.58.